The van der Waals surface area contributed by atoms with Gasteiger partial charge < -0.3 is 4.57 Å². The van der Waals surface area contributed by atoms with Gasteiger partial charge in [0.15, 0.2) is 11.6 Å². The Morgan fingerprint density at radius 2 is 0.871 bits per heavy atom. The highest BCUT2D eigenvalue weighted by atomic mass is 15.2. The predicted molar refractivity (Wildman–Crippen MR) is 254 cm³/mol. The lowest BCUT2D eigenvalue weighted by atomic mass is 9.87. The highest BCUT2D eigenvalue weighted by Gasteiger charge is 2.21. The fourth-order valence-electron chi connectivity index (χ4n) is 8.84. The Morgan fingerprint density at radius 1 is 0.403 bits per heavy atom. The van der Waals surface area contributed by atoms with Crippen molar-refractivity contribution in [2.45, 2.75) is 26.2 Å². The van der Waals surface area contributed by atoms with Crippen LogP contribution < -0.4 is 0 Å². The molecular formula is C56H40N6. The molecule has 0 radical (unpaired) electrons. The van der Waals surface area contributed by atoms with Crippen LogP contribution in [-0.4, -0.2) is 24.1 Å². The Kier molecular flexibility index (Phi) is 8.66. The molecule has 0 fully saturated rings. The van der Waals surface area contributed by atoms with Gasteiger partial charge in [0.05, 0.1) is 33.3 Å². The first-order valence-corrected chi connectivity index (χ1v) is 20.9. The average molecular weight is 797 g/mol. The maximum absolute atomic E-state index is 11.0. The highest BCUT2D eigenvalue weighted by molar-refractivity contribution is 6.12. The molecule has 0 aliphatic heterocycles. The zero-order valence-corrected chi connectivity index (χ0v) is 34.6. The third kappa shape index (κ3) is 6.22. The van der Waals surface area contributed by atoms with E-state index in [0.29, 0.717) is 23.2 Å². The summed E-state index contributed by atoms with van der Waals surface area (Å²) in [5, 5.41) is 15.4. The summed E-state index contributed by atoms with van der Waals surface area (Å²) in [6.45, 7) is 6.63. The highest BCUT2D eigenvalue weighted by Crippen LogP contribution is 2.39. The van der Waals surface area contributed by atoms with E-state index in [2.05, 4.69) is 182 Å². The standard InChI is InChI=1S/C56H40N6/c1-56(2,3)43-27-22-38(23-28-43)53-58-54(60-55(59-53)62-49-20-12-10-18-44(49)45-19-11-13-21-50(45)62)41-26-29-48(42(32-41)35-57)61-51-30-24-39(36-14-6-4-7-15-36)33-46(51)47-34-40(25-31-52(47)61)37-16-8-5-9-17-37/h4-34H,1-3H3. The molecule has 3 aromatic heterocycles. The van der Waals surface area contributed by atoms with Crippen LogP contribution in [0.1, 0.15) is 31.9 Å². The molecule has 0 amide bonds. The second-order valence-corrected chi connectivity index (χ2v) is 16.9. The van der Waals surface area contributed by atoms with E-state index in [4.69, 9.17) is 15.0 Å². The second kappa shape index (κ2) is 14.5. The molecule has 0 aliphatic carbocycles. The molecule has 11 rings (SSSR count). The smallest absolute Gasteiger partial charge is 0.238 e. The number of hydrogen-bond donors (Lipinski definition) is 0. The van der Waals surface area contributed by atoms with Crippen molar-refractivity contribution >= 4 is 43.6 Å². The van der Waals surface area contributed by atoms with Gasteiger partial charge in [-0.1, -0.05) is 154 Å². The molecule has 0 saturated carbocycles. The summed E-state index contributed by atoms with van der Waals surface area (Å²) in [5.41, 5.74) is 12.7. The van der Waals surface area contributed by atoms with Crippen LogP contribution in [-0.2, 0) is 5.41 Å². The molecule has 8 aromatic carbocycles. The van der Waals surface area contributed by atoms with E-state index in [1.165, 1.54) is 5.56 Å². The topological polar surface area (TPSA) is 72.3 Å². The molecule has 0 N–H and O–H groups in total. The molecule has 294 valence electrons. The van der Waals surface area contributed by atoms with Gasteiger partial charge >= 0.3 is 0 Å². The first-order chi connectivity index (χ1) is 30.3. The lowest BCUT2D eigenvalue weighted by Crippen LogP contribution is -2.10. The zero-order chi connectivity index (χ0) is 42.0. The van der Waals surface area contributed by atoms with E-state index < -0.39 is 0 Å². The van der Waals surface area contributed by atoms with Crippen molar-refractivity contribution in [3.63, 3.8) is 0 Å². The number of rotatable bonds is 6. The summed E-state index contributed by atoms with van der Waals surface area (Å²) in [4.78, 5) is 15.5. The van der Waals surface area contributed by atoms with Gasteiger partial charge in [-0.05, 0) is 87.8 Å². The van der Waals surface area contributed by atoms with Gasteiger partial charge in [0, 0.05) is 32.7 Å². The summed E-state index contributed by atoms with van der Waals surface area (Å²) in [6, 6.07) is 67.9. The van der Waals surface area contributed by atoms with Crippen LogP contribution in [0, 0.1) is 11.3 Å². The molecule has 0 aliphatic rings. The van der Waals surface area contributed by atoms with Gasteiger partial charge in [0.2, 0.25) is 5.95 Å². The lowest BCUT2D eigenvalue weighted by molar-refractivity contribution is 0.590. The summed E-state index contributed by atoms with van der Waals surface area (Å²) in [5.74, 6) is 1.55. The molecule has 0 unspecified atom stereocenters. The molecule has 0 bridgehead atoms. The van der Waals surface area contributed by atoms with Crippen LogP contribution in [0.15, 0.2) is 188 Å². The lowest BCUT2D eigenvalue weighted by Gasteiger charge is -2.19. The zero-order valence-electron chi connectivity index (χ0n) is 34.6. The van der Waals surface area contributed by atoms with E-state index in [1.807, 2.05) is 42.5 Å². The third-order valence-electron chi connectivity index (χ3n) is 12.0. The minimum Gasteiger partial charge on any atom is -0.308 e. The van der Waals surface area contributed by atoms with Crippen LogP contribution in [0.5, 0.6) is 0 Å². The quantitative estimate of drug-likeness (QED) is 0.168. The average Bonchev–Trinajstić information content (AvgIpc) is 3.83. The normalized spacial score (nSPS) is 11.8. The van der Waals surface area contributed by atoms with Gasteiger partial charge in [-0.15, -0.1) is 0 Å². The van der Waals surface area contributed by atoms with Crippen LogP contribution in [0.25, 0.3) is 100 Å². The number of benzene rings is 8. The summed E-state index contributed by atoms with van der Waals surface area (Å²) < 4.78 is 4.34. The van der Waals surface area contributed by atoms with Crippen molar-refractivity contribution in [2.75, 3.05) is 0 Å². The maximum Gasteiger partial charge on any atom is 0.238 e. The third-order valence-corrected chi connectivity index (χ3v) is 12.0. The Hall–Kier alpha value is -8.14. The van der Waals surface area contributed by atoms with Crippen LogP contribution >= 0.6 is 0 Å². The van der Waals surface area contributed by atoms with E-state index in [9.17, 15) is 5.26 Å². The molecular weight excluding hydrogens is 757 g/mol. The number of fused-ring (bicyclic) bond motifs is 6. The van der Waals surface area contributed by atoms with Crippen LogP contribution in [0.2, 0.25) is 0 Å². The van der Waals surface area contributed by atoms with Gasteiger partial charge in [-0.2, -0.15) is 15.2 Å². The summed E-state index contributed by atoms with van der Waals surface area (Å²) >= 11 is 0. The summed E-state index contributed by atoms with van der Waals surface area (Å²) in [7, 11) is 0. The van der Waals surface area contributed by atoms with Crippen molar-refractivity contribution < 1.29 is 0 Å². The van der Waals surface area contributed by atoms with E-state index in [0.717, 1.165) is 82.7 Å². The SMILES string of the molecule is CC(C)(C)c1ccc(-c2nc(-c3ccc(-n4c5ccc(-c6ccccc6)cc5c5cc(-c6ccccc6)ccc54)c(C#N)c3)nc(-n3c4ccccc4c4ccccc43)n2)cc1. The Morgan fingerprint density at radius 3 is 1.40 bits per heavy atom. The number of para-hydroxylation sites is 2. The predicted octanol–water partition coefficient (Wildman–Crippen LogP) is 13.9. The second-order valence-electron chi connectivity index (χ2n) is 16.9. The van der Waals surface area contributed by atoms with Crippen molar-refractivity contribution in [1.82, 2.24) is 24.1 Å². The maximum atomic E-state index is 11.0. The van der Waals surface area contributed by atoms with Crippen LogP contribution in [0.4, 0.5) is 0 Å². The Balaban J connectivity index is 1.11. The minimum absolute atomic E-state index is 0.00288. The molecule has 0 spiro atoms. The molecule has 6 heteroatoms. The minimum atomic E-state index is -0.00288. The molecule has 6 nitrogen and oxygen atoms in total. The van der Waals surface area contributed by atoms with Gasteiger partial charge in [0.25, 0.3) is 0 Å². The van der Waals surface area contributed by atoms with Crippen molar-refractivity contribution in [1.29, 1.82) is 5.26 Å². The van der Waals surface area contributed by atoms with Gasteiger partial charge in [-0.25, -0.2) is 4.98 Å². The Labute approximate surface area is 359 Å². The van der Waals surface area contributed by atoms with Crippen LogP contribution in [0.3, 0.4) is 0 Å². The number of hydrogen-bond acceptors (Lipinski definition) is 4. The first kappa shape index (κ1) is 36.9. The molecule has 3 heterocycles. The number of aromatic nitrogens is 5. The largest absolute Gasteiger partial charge is 0.308 e. The summed E-state index contributed by atoms with van der Waals surface area (Å²) in [6.07, 6.45) is 0. The molecule has 11 aromatic rings. The molecule has 62 heavy (non-hydrogen) atoms. The first-order valence-electron chi connectivity index (χ1n) is 20.9. The van der Waals surface area contributed by atoms with Gasteiger partial charge in [-0.3, -0.25) is 4.57 Å². The fourth-order valence-corrected chi connectivity index (χ4v) is 8.84. The Bertz CT molecular complexity index is 3400. The van der Waals surface area contributed by atoms with E-state index in [-0.39, 0.29) is 5.41 Å². The fraction of sp³-hybridized carbons (Fsp3) is 0.0714. The van der Waals surface area contributed by atoms with Gasteiger partial charge in [0.1, 0.15) is 6.07 Å². The molecule has 0 atom stereocenters. The van der Waals surface area contributed by atoms with Crippen molar-refractivity contribution in [3.8, 4) is 62.7 Å². The molecule has 0 saturated heterocycles. The monoisotopic (exact) mass is 796 g/mol. The van der Waals surface area contributed by atoms with E-state index in [1.54, 1.807) is 0 Å². The number of nitrogens with zero attached hydrogens (tertiary/aromatic N) is 6. The van der Waals surface area contributed by atoms with Crippen molar-refractivity contribution in [3.05, 3.63) is 199 Å². The van der Waals surface area contributed by atoms with Crippen molar-refractivity contribution in [2.24, 2.45) is 0 Å². The number of nitriles is 1. The van der Waals surface area contributed by atoms with E-state index >= 15 is 0 Å².